The summed E-state index contributed by atoms with van der Waals surface area (Å²) in [4.78, 5) is 2.74. The summed E-state index contributed by atoms with van der Waals surface area (Å²) in [5.74, 6) is 0. The van der Waals surface area contributed by atoms with Gasteiger partial charge in [0.2, 0.25) is 0 Å². The van der Waals surface area contributed by atoms with Crippen LogP contribution in [-0.2, 0) is 4.74 Å². The molecule has 0 unspecified atom stereocenters. The molecule has 1 aromatic heterocycles. The number of H-pyrrole nitrogens is 1. The Morgan fingerprint density at radius 3 is 2.50 bits per heavy atom. The quantitative estimate of drug-likeness (QED) is 0.522. The molecule has 1 fully saturated rings. The third-order valence-electron chi connectivity index (χ3n) is 2.64. The predicted octanol–water partition coefficient (Wildman–Crippen LogP) is -0.938. The molecule has 1 aliphatic rings. The molecule has 18 heavy (non-hydrogen) atoms. The lowest BCUT2D eigenvalue weighted by atomic mass is 10.1. The van der Waals surface area contributed by atoms with E-state index in [1.807, 2.05) is 0 Å². The van der Waals surface area contributed by atoms with Crippen molar-refractivity contribution in [2.24, 2.45) is 0 Å². The van der Waals surface area contributed by atoms with Crippen LogP contribution in [0.25, 0.3) is 0 Å². The molecule has 0 aliphatic carbocycles. The summed E-state index contributed by atoms with van der Waals surface area (Å²) >= 11 is 9.95. The maximum Gasteiger partial charge on any atom is 0.180 e. The van der Waals surface area contributed by atoms with Crippen LogP contribution in [0.15, 0.2) is 12.3 Å². The standard InChI is InChI=1S/C9H12N2O4S2.H2O/c12-3-4-6(13)7(14)8(15-4)11-2-1-5(16)10-9(11)17;/h1-2,4,6-8,12-14H,3H2,(H,10,16,17);1H2/t4-,6-,7-,8-;/m1./s1. The van der Waals surface area contributed by atoms with Gasteiger partial charge in [0.25, 0.3) is 0 Å². The van der Waals surface area contributed by atoms with Crippen molar-refractivity contribution in [1.29, 1.82) is 0 Å². The Labute approximate surface area is 113 Å². The highest BCUT2D eigenvalue weighted by molar-refractivity contribution is 7.72. The fourth-order valence-corrected chi connectivity index (χ4v) is 2.23. The van der Waals surface area contributed by atoms with E-state index in [2.05, 4.69) is 4.98 Å². The zero-order valence-electron chi connectivity index (χ0n) is 9.18. The van der Waals surface area contributed by atoms with Crippen LogP contribution >= 0.6 is 24.4 Å². The van der Waals surface area contributed by atoms with Crippen LogP contribution in [0.1, 0.15) is 6.23 Å². The minimum absolute atomic E-state index is 0. The normalized spacial score (nSPS) is 31.1. The summed E-state index contributed by atoms with van der Waals surface area (Å²) in [6.45, 7) is -0.370. The van der Waals surface area contributed by atoms with Gasteiger partial charge in [-0.25, -0.2) is 0 Å². The second-order valence-electron chi connectivity index (χ2n) is 3.75. The fraction of sp³-hybridized carbons (Fsp3) is 0.556. The van der Waals surface area contributed by atoms with Crippen LogP contribution in [0.3, 0.4) is 0 Å². The van der Waals surface area contributed by atoms with Crippen molar-refractivity contribution in [1.82, 2.24) is 9.55 Å². The molecule has 0 spiro atoms. The number of hydrogen-bond donors (Lipinski definition) is 4. The lowest BCUT2D eigenvalue weighted by molar-refractivity contribution is -0.0541. The molecule has 7 nitrogen and oxygen atoms in total. The van der Waals surface area contributed by atoms with E-state index in [-0.39, 0.29) is 16.9 Å². The molecule has 6 N–H and O–H groups in total. The summed E-state index contributed by atoms with van der Waals surface area (Å²) in [6, 6.07) is 1.60. The number of nitrogens with zero attached hydrogens (tertiary/aromatic N) is 1. The van der Waals surface area contributed by atoms with Gasteiger partial charge in [0.05, 0.1) is 6.61 Å². The molecule has 0 aromatic carbocycles. The summed E-state index contributed by atoms with van der Waals surface area (Å²) in [5.41, 5.74) is 0. The lowest BCUT2D eigenvalue weighted by Gasteiger charge is -2.18. The van der Waals surface area contributed by atoms with Crippen molar-refractivity contribution >= 4 is 24.4 Å². The molecule has 1 aliphatic heterocycles. The molecule has 2 rings (SSSR count). The van der Waals surface area contributed by atoms with Crippen LogP contribution in [0, 0.1) is 9.41 Å². The van der Waals surface area contributed by atoms with Crippen LogP contribution in [0.2, 0.25) is 0 Å². The highest BCUT2D eigenvalue weighted by atomic mass is 32.1. The average Bonchev–Trinajstić information content (AvgIpc) is 2.57. The molecule has 0 radical (unpaired) electrons. The molecular formula is C9H14N2O5S2. The molecule has 0 amide bonds. The largest absolute Gasteiger partial charge is 0.412 e. The van der Waals surface area contributed by atoms with Crippen molar-refractivity contribution in [2.75, 3.05) is 6.61 Å². The first-order chi connectivity index (χ1) is 8.04. The molecule has 4 atom stereocenters. The summed E-state index contributed by atoms with van der Waals surface area (Å²) in [7, 11) is 0. The van der Waals surface area contributed by atoms with Gasteiger partial charge in [-0.15, -0.1) is 0 Å². The first-order valence-corrected chi connectivity index (χ1v) is 5.80. The number of aliphatic hydroxyl groups is 3. The van der Waals surface area contributed by atoms with Crippen molar-refractivity contribution in [2.45, 2.75) is 24.5 Å². The van der Waals surface area contributed by atoms with Crippen LogP contribution in [0.5, 0.6) is 0 Å². The second kappa shape index (κ2) is 5.97. The number of nitrogens with one attached hydrogen (secondary N) is 1. The number of aromatic nitrogens is 2. The maximum absolute atomic E-state index is 9.81. The summed E-state index contributed by atoms with van der Waals surface area (Å²) in [5, 5.41) is 28.4. The van der Waals surface area contributed by atoms with Crippen molar-refractivity contribution < 1.29 is 25.5 Å². The van der Waals surface area contributed by atoms with Gasteiger partial charge in [-0.05, 0) is 18.3 Å². The van der Waals surface area contributed by atoms with Crippen LogP contribution < -0.4 is 0 Å². The van der Waals surface area contributed by atoms with Gasteiger partial charge < -0.3 is 30.5 Å². The van der Waals surface area contributed by atoms with E-state index < -0.39 is 24.5 Å². The maximum atomic E-state index is 9.81. The van der Waals surface area contributed by atoms with Gasteiger partial charge in [-0.3, -0.25) is 4.57 Å². The lowest BCUT2D eigenvalue weighted by Crippen LogP contribution is -2.33. The van der Waals surface area contributed by atoms with Crippen molar-refractivity contribution in [3.63, 3.8) is 0 Å². The Balaban J connectivity index is 0.00000162. The van der Waals surface area contributed by atoms with E-state index in [9.17, 15) is 10.2 Å². The first kappa shape index (κ1) is 15.4. The third-order valence-corrected chi connectivity index (χ3v) is 3.19. The number of hydrogen-bond acceptors (Lipinski definition) is 6. The molecule has 1 aromatic rings. The topological polar surface area (TPSA) is 122 Å². The Morgan fingerprint density at radius 1 is 1.33 bits per heavy atom. The van der Waals surface area contributed by atoms with Gasteiger partial charge in [-0.1, -0.05) is 12.2 Å². The highest BCUT2D eigenvalue weighted by Gasteiger charge is 2.43. The zero-order chi connectivity index (χ0) is 12.6. The van der Waals surface area contributed by atoms with E-state index in [0.717, 1.165) is 0 Å². The number of aromatic amines is 1. The first-order valence-electron chi connectivity index (χ1n) is 4.98. The van der Waals surface area contributed by atoms with Gasteiger partial charge >= 0.3 is 0 Å². The molecule has 0 saturated carbocycles. The number of ether oxygens (including phenoxy) is 1. The molecular weight excluding hydrogens is 280 g/mol. The van der Waals surface area contributed by atoms with Gasteiger partial charge in [0.15, 0.2) is 11.0 Å². The van der Waals surface area contributed by atoms with Crippen LogP contribution in [0.4, 0.5) is 0 Å². The minimum Gasteiger partial charge on any atom is -0.412 e. The molecule has 1 saturated heterocycles. The number of aliphatic hydroxyl groups excluding tert-OH is 3. The monoisotopic (exact) mass is 294 g/mol. The highest BCUT2D eigenvalue weighted by Crippen LogP contribution is 2.28. The molecule has 2 heterocycles. The van der Waals surface area contributed by atoms with E-state index >= 15 is 0 Å². The Hall–Kier alpha value is -0.680. The van der Waals surface area contributed by atoms with E-state index in [1.54, 1.807) is 12.3 Å². The minimum atomic E-state index is -1.15. The molecule has 102 valence electrons. The third kappa shape index (κ3) is 2.67. The summed E-state index contributed by atoms with van der Waals surface area (Å²) < 4.78 is 7.54. The van der Waals surface area contributed by atoms with Gasteiger partial charge in [0, 0.05) is 6.20 Å². The molecule has 0 bridgehead atoms. The van der Waals surface area contributed by atoms with Crippen molar-refractivity contribution in [3.8, 4) is 0 Å². The summed E-state index contributed by atoms with van der Waals surface area (Å²) in [6.07, 6.45) is -2.37. The Kier molecular flexibility index (Phi) is 5.10. The SMILES string of the molecule is O.OC[C@H]1O[C@@H](n2ccc(=S)[nH]c2=S)[C@H](O)[C@@H]1O. The van der Waals surface area contributed by atoms with Gasteiger partial charge in [-0.2, -0.15) is 0 Å². The Bertz CT molecular complexity index is 516. The van der Waals surface area contributed by atoms with Crippen molar-refractivity contribution in [3.05, 3.63) is 21.7 Å². The zero-order valence-corrected chi connectivity index (χ0v) is 10.8. The van der Waals surface area contributed by atoms with E-state index in [1.165, 1.54) is 4.57 Å². The second-order valence-corrected chi connectivity index (χ2v) is 4.57. The van der Waals surface area contributed by atoms with Crippen LogP contribution in [-0.4, -0.2) is 55.3 Å². The molecule has 9 heteroatoms. The predicted molar refractivity (Wildman–Crippen MR) is 67.1 cm³/mol. The average molecular weight is 294 g/mol. The van der Waals surface area contributed by atoms with E-state index in [0.29, 0.717) is 4.64 Å². The number of rotatable bonds is 2. The fourth-order valence-electron chi connectivity index (χ4n) is 1.74. The smallest absolute Gasteiger partial charge is 0.180 e. The van der Waals surface area contributed by atoms with E-state index in [4.69, 9.17) is 34.3 Å². The van der Waals surface area contributed by atoms with Gasteiger partial charge in [0.1, 0.15) is 23.0 Å². The Morgan fingerprint density at radius 2 is 2.00 bits per heavy atom.